The summed E-state index contributed by atoms with van der Waals surface area (Å²) in [5, 5.41) is 0.722. The van der Waals surface area contributed by atoms with Crippen LogP contribution in [-0.4, -0.2) is 12.4 Å². The summed E-state index contributed by atoms with van der Waals surface area (Å²) in [6.45, 7) is 0. The van der Waals surface area contributed by atoms with Crippen molar-refractivity contribution in [2.45, 2.75) is 17.8 Å². The number of hydrogen-bond acceptors (Lipinski definition) is 0. The molecule has 0 aliphatic heterocycles. The van der Waals surface area contributed by atoms with Crippen molar-refractivity contribution >= 4 is 10.8 Å². The number of halogens is 6. The van der Waals surface area contributed by atoms with Crippen LogP contribution in [0, 0.1) is 23.7 Å². The lowest BCUT2D eigenvalue weighted by Gasteiger charge is -2.38. The van der Waals surface area contributed by atoms with Crippen LogP contribution in [-0.2, 0) is 5.41 Å². The van der Waals surface area contributed by atoms with E-state index in [2.05, 4.69) is 23.7 Å². The molecule has 0 bridgehead atoms. The Morgan fingerprint density at radius 1 is 0.340 bits per heavy atom. The Balaban J connectivity index is 1.46. The van der Waals surface area contributed by atoms with Crippen molar-refractivity contribution in [2.75, 3.05) is 0 Å². The zero-order chi connectivity index (χ0) is 37.1. The third kappa shape index (κ3) is 6.93. The predicted octanol–water partition coefficient (Wildman–Crippen LogP) is 12.4. The molecule has 7 aromatic carbocycles. The van der Waals surface area contributed by atoms with Gasteiger partial charge in [0.25, 0.3) is 0 Å². The highest BCUT2D eigenvalue weighted by molar-refractivity contribution is 5.97. The Kier molecular flexibility index (Phi) is 9.39. The molecule has 0 N–H and O–H groups in total. The molecule has 0 unspecified atom stereocenters. The second-order valence-electron chi connectivity index (χ2n) is 12.4. The molecule has 0 aliphatic carbocycles. The van der Waals surface area contributed by atoms with E-state index < -0.39 is 28.9 Å². The average Bonchev–Trinajstić information content (AvgIpc) is 3.16. The highest BCUT2D eigenvalue weighted by atomic mass is 19.4. The molecule has 0 heterocycles. The highest BCUT2D eigenvalue weighted by Crippen LogP contribution is 2.57. The Morgan fingerprint density at radius 2 is 0.755 bits per heavy atom. The van der Waals surface area contributed by atoms with Gasteiger partial charge in [-0.05, 0) is 98.8 Å². The Morgan fingerprint density at radius 3 is 1.25 bits per heavy atom. The summed E-state index contributed by atoms with van der Waals surface area (Å²) in [5.41, 5.74) is -1.97. The van der Waals surface area contributed by atoms with Crippen molar-refractivity contribution in [1.82, 2.24) is 0 Å². The maximum Gasteiger partial charge on any atom is 0.411 e. The predicted molar refractivity (Wildman–Crippen MR) is 199 cm³/mol. The molecule has 53 heavy (non-hydrogen) atoms. The largest absolute Gasteiger partial charge is 0.411 e. The van der Waals surface area contributed by atoms with Crippen LogP contribution >= 0.6 is 0 Å². The first kappa shape index (κ1) is 34.9. The van der Waals surface area contributed by atoms with Crippen molar-refractivity contribution in [3.05, 3.63) is 203 Å². The lowest BCUT2D eigenvalue weighted by atomic mass is 9.71. The zero-order valence-electron chi connectivity index (χ0n) is 27.9. The van der Waals surface area contributed by atoms with Crippen molar-refractivity contribution in [2.24, 2.45) is 0 Å². The maximum atomic E-state index is 15.5. The number of fused-ring (bicyclic) bond motifs is 1. The molecule has 258 valence electrons. The lowest BCUT2D eigenvalue weighted by molar-refractivity contribution is -0.288. The van der Waals surface area contributed by atoms with Gasteiger partial charge in [0, 0.05) is 22.3 Å². The van der Waals surface area contributed by atoms with Gasteiger partial charge in [-0.3, -0.25) is 0 Å². The smallest absolute Gasteiger partial charge is 0.169 e. The van der Waals surface area contributed by atoms with E-state index in [1.807, 2.05) is 66.7 Å². The van der Waals surface area contributed by atoms with Gasteiger partial charge in [-0.15, -0.1) is 0 Å². The number of alkyl halides is 6. The van der Waals surface area contributed by atoms with Gasteiger partial charge in [0.2, 0.25) is 5.41 Å². The van der Waals surface area contributed by atoms with Crippen LogP contribution in [0.5, 0.6) is 0 Å². The first-order chi connectivity index (χ1) is 25.5. The molecule has 7 aromatic rings. The van der Waals surface area contributed by atoms with E-state index in [9.17, 15) is 0 Å². The van der Waals surface area contributed by atoms with Gasteiger partial charge in [-0.2, -0.15) is 26.3 Å². The van der Waals surface area contributed by atoms with Gasteiger partial charge in [0.05, 0.1) is 0 Å². The van der Waals surface area contributed by atoms with Gasteiger partial charge in [-0.1, -0.05) is 139 Å². The second-order valence-corrected chi connectivity index (χ2v) is 12.4. The molecular formula is C47H28F6. The molecule has 0 radical (unpaired) electrons. The summed E-state index contributed by atoms with van der Waals surface area (Å²) in [5.74, 6) is 11.6. The van der Waals surface area contributed by atoms with E-state index in [4.69, 9.17) is 0 Å². The van der Waals surface area contributed by atoms with Gasteiger partial charge in [0.15, 0.2) is 0 Å². The Labute approximate surface area is 303 Å². The molecule has 0 spiro atoms. The van der Waals surface area contributed by atoms with E-state index in [0.717, 1.165) is 41.0 Å². The van der Waals surface area contributed by atoms with E-state index in [0.29, 0.717) is 22.1 Å². The monoisotopic (exact) mass is 706 g/mol. The van der Waals surface area contributed by atoms with Crippen LogP contribution in [0.4, 0.5) is 26.3 Å². The van der Waals surface area contributed by atoms with Crippen LogP contribution in [0.15, 0.2) is 170 Å². The van der Waals surface area contributed by atoms with Gasteiger partial charge < -0.3 is 0 Å². The van der Waals surface area contributed by atoms with E-state index in [-0.39, 0.29) is 16.5 Å². The Hall–Kier alpha value is -6.50. The molecule has 6 heteroatoms. The molecular weight excluding hydrogens is 679 g/mol. The third-order valence-corrected chi connectivity index (χ3v) is 9.11. The first-order valence-corrected chi connectivity index (χ1v) is 16.7. The lowest BCUT2D eigenvalue weighted by Crippen LogP contribution is -2.54. The van der Waals surface area contributed by atoms with Crippen molar-refractivity contribution in [1.29, 1.82) is 0 Å². The highest BCUT2D eigenvalue weighted by Gasteiger charge is 2.72. The summed E-state index contributed by atoms with van der Waals surface area (Å²) in [6, 6.07) is 45.8. The van der Waals surface area contributed by atoms with Crippen LogP contribution in [0.1, 0.15) is 33.4 Å². The van der Waals surface area contributed by atoms with Crippen molar-refractivity contribution < 1.29 is 26.3 Å². The fraction of sp³-hybridized carbons (Fsp3) is 0.0638. The summed E-state index contributed by atoms with van der Waals surface area (Å²) >= 11 is 0. The summed E-state index contributed by atoms with van der Waals surface area (Å²) in [6.07, 6.45) is -11.6. The molecule has 0 nitrogen and oxygen atoms in total. The molecule has 0 aliphatic rings. The second kappa shape index (κ2) is 14.3. The van der Waals surface area contributed by atoms with Crippen LogP contribution in [0.3, 0.4) is 0 Å². The third-order valence-electron chi connectivity index (χ3n) is 9.11. The van der Waals surface area contributed by atoms with Gasteiger partial charge in [0.1, 0.15) is 0 Å². The topological polar surface area (TPSA) is 0 Å². The normalized spacial score (nSPS) is 11.7. The van der Waals surface area contributed by atoms with Crippen molar-refractivity contribution in [3.63, 3.8) is 0 Å². The molecule has 0 amide bonds. The van der Waals surface area contributed by atoms with Gasteiger partial charge >= 0.3 is 12.4 Å². The molecule has 0 saturated carbocycles. The number of rotatable bonds is 4. The minimum absolute atomic E-state index is 0.0627. The molecule has 0 atom stereocenters. The van der Waals surface area contributed by atoms with E-state index in [1.54, 1.807) is 66.7 Å². The first-order valence-electron chi connectivity index (χ1n) is 16.7. The average molecular weight is 707 g/mol. The minimum Gasteiger partial charge on any atom is -0.169 e. The van der Waals surface area contributed by atoms with E-state index >= 15 is 26.3 Å². The zero-order valence-corrected chi connectivity index (χ0v) is 27.9. The quantitative estimate of drug-likeness (QED) is 0.126. The molecule has 7 rings (SSSR count). The summed E-state index contributed by atoms with van der Waals surface area (Å²) in [7, 11) is 0. The Bertz CT molecular complexity index is 2500. The fourth-order valence-corrected chi connectivity index (χ4v) is 6.54. The molecule has 0 saturated heterocycles. The van der Waals surface area contributed by atoms with E-state index in [1.165, 1.54) is 12.1 Å². The fourth-order valence-electron chi connectivity index (χ4n) is 6.54. The maximum absolute atomic E-state index is 15.5. The SMILES string of the molecule is FC(F)(F)C(c1ccc(C#Cc2ccccc2)c(C#Cc2ccccc2)c1)(c1ccc2cc(-c3ccccc3)c(-c3ccccc3)cc2c1)C(F)(F)F. The van der Waals surface area contributed by atoms with Crippen molar-refractivity contribution in [3.8, 4) is 45.9 Å². The standard InChI is InChI=1S/C47H28F6/c48-46(49,50)45(47(51,52)53,41-27-25-35(23-21-33-13-5-1-6-14-33)38(29-41)24-22-34-15-7-2-8-16-34)42-28-26-39-31-43(36-17-9-3-10-18-36)44(32-40(39)30-42)37-19-11-4-12-20-37/h1-20,25-32H. The summed E-state index contributed by atoms with van der Waals surface area (Å²) in [4.78, 5) is 0. The number of benzene rings is 7. The molecule has 0 aromatic heterocycles. The van der Waals surface area contributed by atoms with Crippen LogP contribution < -0.4 is 0 Å². The van der Waals surface area contributed by atoms with Gasteiger partial charge in [-0.25, -0.2) is 0 Å². The number of hydrogen-bond donors (Lipinski definition) is 0. The van der Waals surface area contributed by atoms with Crippen LogP contribution in [0.2, 0.25) is 0 Å². The van der Waals surface area contributed by atoms with Crippen LogP contribution in [0.25, 0.3) is 33.0 Å². The minimum atomic E-state index is -5.80. The summed E-state index contributed by atoms with van der Waals surface area (Å²) < 4.78 is 93.2. The molecule has 0 fully saturated rings.